The van der Waals surface area contributed by atoms with Crippen LogP contribution in [0.5, 0.6) is 0 Å². The number of hydrazone groups is 1. The molecule has 0 aliphatic heterocycles. The Morgan fingerprint density at radius 3 is 2.58 bits per heavy atom. The summed E-state index contributed by atoms with van der Waals surface area (Å²) in [5.41, 5.74) is 5.43. The van der Waals surface area contributed by atoms with E-state index < -0.39 is 10.0 Å². The maximum absolute atomic E-state index is 12.1. The van der Waals surface area contributed by atoms with Gasteiger partial charge in [0, 0.05) is 12.2 Å². The molecule has 0 amide bonds. The normalized spacial score (nSPS) is 22.3. The molecule has 1 saturated carbocycles. The van der Waals surface area contributed by atoms with Crippen LogP contribution in [0, 0.1) is 5.41 Å². The smallest absolute Gasteiger partial charge is 0.242 e. The van der Waals surface area contributed by atoms with Crippen LogP contribution in [-0.2, 0) is 10.0 Å². The van der Waals surface area contributed by atoms with Gasteiger partial charge in [0.2, 0.25) is 10.0 Å². The third-order valence-electron chi connectivity index (χ3n) is 4.09. The van der Waals surface area contributed by atoms with Gasteiger partial charge in [-0.3, -0.25) is 5.43 Å². The minimum atomic E-state index is -3.46. The van der Waals surface area contributed by atoms with Crippen molar-refractivity contribution in [2.45, 2.75) is 57.4 Å². The quantitative estimate of drug-likeness (QED) is 0.801. The summed E-state index contributed by atoms with van der Waals surface area (Å²) in [5, 5.41) is 4.41. The average molecular weight is 348 g/mol. The summed E-state index contributed by atoms with van der Waals surface area (Å²) in [7, 11) is -3.46. The van der Waals surface area contributed by atoms with Crippen LogP contribution >= 0.6 is 0 Å². The molecule has 1 aromatic rings. The van der Waals surface area contributed by atoms with Crippen LogP contribution in [0.15, 0.2) is 40.0 Å². The summed E-state index contributed by atoms with van der Waals surface area (Å²) in [6.45, 7) is 6.56. The van der Waals surface area contributed by atoms with E-state index in [1.165, 1.54) is 11.8 Å². The molecule has 0 radical (unpaired) electrons. The Bertz CT molecular complexity index is 775. The van der Waals surface area contributed by atoms with Crippen molar-refractivity contribution >= 4 is 21.6 Å². The van der Waals surface area contributed by atoms with E-state index in [1.807, 2.05) is 0 Å². The Hall–Kier alpha value is -1.73. The van der Waals surface area contributed by atoms with Crippen LogP contribution < -0.4 is 10.1 Å². The number of nitrogens with one attached hydrogen (secondary N) is 2. The van der Waals surface area contributed by atoms with E-state index >= 15 is 0 Å². The van der Waals surface area contributed by atoms with Crippen LogP contribution in [0.3, 0.4) is 0 Å². The van der Waals surface area contributed by atoms with Gasteiger partial charge in [-0.2, -0.15) is 5.10 Å². The summed E-state index contributed by atoms with van der Waals surface area (Å²) >= 11 is 0. The molecule has 2 aliphatic rings. The van der Waals surface area contributed by atoms with Gasteiger partial charge in [0.25, 0.3) is 0 Å². The first kappa shape index (κ1) is 17.1. The van der Waals surface area contributed by atoms with Crippen molar-refractivity contribution in [3.05, 3.63) is 30.0 Å². The lowest BCUT2D eigenvalue weighted by atomic mass is 9.77. The molecule has 0 saturated heterocycles. The minimum Gasteiger partial charge on any atom is -0.261 e. The van der Waals surface area contributed by atoms with E-state index in [0.29, 0.717) is 5.82 Å². The van der Waals surface area contributed by atoms with Gasteiger partial charge < -0.3 is 0 Å². The van der Waals surface area contributed by atoms with Crippen molar-refractivity contribution < 1.29 is 8.42 Å². The van der Waals surface area contributed by atoms with Gasteiger partial charge in [-0.15, -0.1) is 0 Å². The highest BCUT2D eigenvalue weighted by molar-refractivity contribution is 7.89. The third kappa shape index (κ3) is 4.42. The maximum Gasteiger partial charge on any atom is 0.242 e. The van der Waals surface area contributed by atoms with Gasteiger partial charge in [0.15, 0.2) is 0 Å². The molecule has 6 nitrogen and oxygen atoms in total. The number of sulfonamides is 1. The average Bonchev–Trinajstić information content (AvgIpc) is 3.27. The van der Waals surface area contributed by atoms with Crippen LogP contribution in [0.4, 0.5) is 5.82 Å². The second kappa shape index (κ2) is 6.29. The predicted octanol–water partition coefficient (Wildman–Crippen LogP) is 3.06. The molecule has 0 bridgehead atoms. The lowest BCUT2D eigenvalue weighted by molar-refractivity contribution is 0.373. The number of nitrogens with zero attached hydrogens (tertiary/aromatic N) is 2. The molecule has 0 aromatic carbocycles. The van der Waals surface area contributed by atoms with Crippen LogP contribution in [0.25, 0.3) is 0 Å². The fraction of sp³-hybridized carbons (Fsp3) is 0.529. The van der Waals surface area contributed by atoms with Crippen LogP contribution in [0.2, 0.25) is 0 Å². The van der Waals surface area contributed by atoms with E-state index in [9.17, 15) is 8.42 Å². The Morgan fingerprint density at radius 2 is 2.00 bits per heavy atom. The lowest BCUT2D eigenvalue weighted by Crippen LogP contribution is -2.25. The van der Waals surface area contributed by atoms with E-state index in [4.69, 9.17) is 0 Å². The van der Waals surface area contributed by atoms with Gasteiger partial charge in [0.05, 0.1) is 5.71 Å². The molecule has 3 rings (SSSR count). The summed E-state index contributed by atoms with van der Waals surface area (Å²) in [6, 6.07) is 3.27. The molecule has 2 N–H and O–H groups in total. The highest BCUT2D eigenvalue weighted by Gasteiger charge is 2.28. The Balaban J connectivity index is 1.68. The number of allylic oxidation sites excluding steroid dienone is 2. The zero-order chi connectivity index (χ0) is 17.4. The van der Waals surface area contributed by atoms with Gasteiger partial charge in [-0.25, -0.2) is 18.1 Å². The first-order chi connectivity index (χ1) is 11.2. The molecule has 0 atom stereocenters. The Labute approximate surface area is 143 Å². The standard InChI is InChI=1S/C17H24N4O2S/c1-12-8-14(10-17(2,3)9-12)19-20-16-7-6-15(11-18-16)24(22,23)21-13-4-5-13/h6-8,11,13,21H,4-5,9-10H2,1-3H3,(H,18,20). The Kier molecular flexibility index (Phi) is 4.48. The number of hydrogen-bond acceptors (Lipinski definition) is 5. The third-order valence-corrected chi connectivity index (χ3v) is 5.60. The fourth-order valence-corrected chi connectivity index (χ4v) is 4.24. The Morgan fingerprint density at radius 1 is 1.25 bits per heavy atom. The highest BCUT2D eigenvalue weighted by Crippen LogP contribution is 2.33. The number of pyridine rings is 1. The number of hydrogen-bond donors (Lipinski definition) is 2. The number of anilines is 1. The molecule has 24 heavy (non-hydrogen) atoms. The molecule has 1 aromatic heterocycles. The topological polar surface area (TPSA) is 83.5 Å². The van der Waals surface area contributed by atoms with Crippen molar-refractivity contribution in [2.24, 2.45) is 10.5 Å². The van der Waals surface area contributed by atoms with Crippen molar-refractivity contribution in [1.82, 2.24) is 9.71 Å². The summed E-state index contributed by atoms with van der Waals surface area (Å²) in [4.78, 5) is 4.34. The number of rotatable bonds is 5. The SMILES string of the molecule is CC1=CC(=NNc2ccc(S(=O)(=O)NC3CC3)cn2)CC(C)(C)C1. The second-order valence-electron chi connectivity index (χ2n) is 7.50. The fourth-order valence-electron chi connectivity index (χ4n) is 2.99. The van der Waals surface area contributed by atoms with E-state index in [2.05, 4.69) is 47.1 Å². The molecule has 0 unspecified atom stereocenters. The molecular weight excluding hydrogens is 324 g/mol. The lowest BCUT2D eigenvalue weighted by Gasteiger charge is -2.29. The van der Waals surface area contributed by atoms with Crippen molar-refractivity contribution in [2.75, 3.05) is 5.43 Å². The number of aromatic nitrogens is 1. The maximum atomic E-state index is 12.1. The highest BCUT2D eigenvalue weighted by atomic mass is 32.2. The summed E-state index contributed by atoms with van der Waals surface area (Å²) < 4.78 is 26.8. The van der Waals surface area contributed by atoms with Crippen molar-refractivity contribution in [3.63, 3.8) is 0 Å². The zero-order valence-electron chi connectivity index (χ0n) is 14.3. The van der Waals surface area contributed by atoms with E-state index in [-0.39, 0.29) is 16.4 Å². The van der Waals surface area contributed by atoms with Gasteiger partial charge in [0.1, 0.15) is 10.7 Å². The zero-order valence-corrected chi connectivity index (χ0v) is 15.2. The van der Waals surface area contributed by atoms with Gasteiger partial charge >= 0.3 is 0 Å². The predicted molar refractivity (Wildman–Crippen MR) is 95.4 cm³/mol. The largest absolute Gasteiger partial charge is 0.261 e. The molecule has 130 valence electrons. The monoisotopic (exact) mass is 348 g/mol. The molecule has 7 heteroatoms. The van der Waals surface area contributed by atoms with Crippen LogP contribution in [-0.4, -0.2) is 25.2 Å². The van der Waals surface area contributed by atoms with Crippen LogP contribution in [0.1, 0.15) is 46.5 Å². The molecular formula is C17H24N4O2S. The molecule has 2 aliphatic carbocycles. The van der Waals surface area contributed by atoms with E-state index in [0.717, 1.165) is 31.4 Å². The molecule has 1 fully saturated rings. The first-order valence-electron chi connectivity index (χ1n) is 8.22. The van der Waals surface area contributed by atoms with Gasteiger partial charge in [-0.1, -0.05) is 19.4 Å². The minimum absolute atomic E-state index is 0.0869. The first-order valence-corrected chi connectivity index (χ1v) is 9.70. The molecule has 0 spiro atoms. The summed E-state index contributed by atoms with van der Waals surface area (Å²) in [6.07, 6.45) is 7.25. The van der Waals surface area contributed by atoms with Crippen molar-refractivity contribution in [1.29, 1.82) is 0 Å². The van der Waals surface area contributed by atoms with Gasteiger partial charge in [-0.05, 0) is 56.2 Å². The summed E-state index contributed by atoms with van der Waals surface area (Å²) in [5.74, 6) is 0.530. The molecule has 1 heterocycles. The van der Waals surface area contributed by atoms with Crippen molar-refractivity contribution in [3.8, 4) is 0 Å². The van der Waals surface area contributed by atoms with E-state index in [1.54, 1.807) is 12.1 Å². The second-order valence-corrected chi connectivity index (χ2v) is 9.21.